The van der Waals surface area contributed by atoms with E-state index in [2.05, 4.69) is 0 Å². The minimum atomic E-state index is -0.00998. The van der Waals surface area contributed by atoms with E-state index in [1.807, 2.05) is 97.1 Å². The Bertz CT molecular complexity index is 1170. The second-order valence-electron chi connectivity index (χ2n) is 6.32. The first-order valence-electron chi connectivity index (χ1n) is 9.03. The van der Waals surface area contributed by atoms with Crippen LogP contribution in [0, 0.1) is 45.3 Å². The lowest BCUT2D eigenvalue weighted by Gasteiger charge is -2.14. The predicted octanol–water partition coefficient (Wildman–Crippen LogP) is 5.88. The smallest absolute Gasteiger partial charge is 0.130 e. The molecule has 0 N–H and O–H groups in total. The zero-order valence-electron chi connectivity index (χ0n) is 15.9. The van der Waals surface area contributed by atoms with Crippen LogP contribution in [0.1, 0.15) is 11.1 Å². The Morgan fingerprint density at radius 2 is 0.867 bits per heavy atom. The number of nitrogens with zero attached hydrogens (tertiary/aromatic N) is 4. The van der Waals surface area contributed by atoms with E-state index in [0.29, 0.717) is 11.1 Å². The Morgan fingerprint density at radius 3 is 1.17 bits per heavy atom. The second-order valence-corrected chi connectivity index (χ2v) is 6.32. The van der Waals surface area contributed by atoms with Crippen molar-refractivity contribution in [2.75, 3.05) is 0 Å². The molecule has 0 bridgehead atoms. The molecular weight excluding hydrogens is 368 g/mol. The maximum atomic E-state index is 9.25. The van der Waals surface area contributed by atoms with Crippen molar-refractivity contribution in [2.24, 2.45) is 0 Å². The first-order chi connectivity index (χ1) is 14.7. The average Bonchev–Trinajstić information content (AvgIpc) is 2.82. The van der Waals surface area contributed by atoms with E-state index in [9.17, 15) is 21.0 Å². The highest BCUT2D eigenvalue weighted by molar-refractivity contribution is 5.88. The first kappa shape index (κ1) is 19.9. The van der Waals surface area contributed by atoms with Gasteiger partial charge in [0.15, 0.2) is 0 Å². The molecule has 4 nitrogen and oxygen atoms in total. The van der Waals surface area contributed by atoms with Gasteiger partial charge in [-0.3, -0.25) is 0 Å². The molecule has 0 amide bonds. The van der Waals surface area contributed by atoms with Crippen molar-refractivity contribution < 1.29 is 0 Å². The van der Waals surface area contributed by atoms with Gasteiger partial charge in [-0.15, -0.1) is 0 Å². The van der Waals surface area contributed by atoms with Crippen molar-refractivity contribution in [3.8, 4) is 46.5 Å². The number of hydrogen-bond donors (Lipinski definition) is 0. The zero-order valence-corrected chi connectivity index (χ0v) is 15.9. The standard InChI is InChI=1S/C26H14N4/c27-15-19(16-28)11-23-14-26(22-9-5-2-6-10-22)24(12-20(17-29)18-30)13-25(23)21-7-3-1-4-8-21/h1-14H. The molecule has 0 aliphatic carbocycles. The number of nitriles is 4. The van der Waals surface area contributed by atoms with E-state index >= 15 is 0 Å². The van der Waals surface area contributed by atoms with Crippen LogP contribution < -0.4 is 0 Å². The molecule has 0 aliphatic heterocycles. The molecule has 0 unspecified atom stereocenters. The number of benzene rings is 3. The van der Waals surface area contributed by atoms with Crippen LogP contribution in [0.25, 0.3) is 34.4 Å². The van der Waals surface area contributed by atoms with Gasteiger partial charge in [-0.2, -0.15) is 21.0 Å². The topological polar surface area (TPSA) is 95.2 Å². The van der Waals surface area contributed by atoms with Crippen LogP contribution in [0.2, 0.25) is 0 Å². The maximum Gasteiger partial charge on any atom is 0.130 e. The van der Waals surface area contributed by atoms with E-state index < -0.39 is 0 Å². The van der Waals surface area contributed by atoms with Gasteiger partial charge in [0.2, 0.25) is 0 Å². The van der Waals surface area contributed by atoms with E-state index in [0.717, 1.165) is 22.3 Å². The predicted molar refractivity (Wildman–Crippen MR) is 116 cm³/mol. The molecule has 3 aromatic rings. The van der Waals surface area contributed by atoms with Gasteiger partial charge in [0, 0.05) is 0 Å². The lowest BCUT2D eigenvalue weighted by molar-refractivity contribution is 1.46. The first-order valence-corrected chi connectivity index (χ1v) is 9.03. The maximum absolute atomic E-state index is 9.25. The summed E-state index contributed by atoms with van der Waals surface area (Å²) >= 11 is 0. The summed E-state index contributed by atoms with van der Waals surface area (Å²) in [6.45, 7) is 0. The SMILES string of the molecule is N#CC(C#N)=Cc1cc(-c2ccccc2)c(C=C(C#N)C#N)cc1-c1ccccc1. The molecule has 0 saturated heterocycles. The minimum absolute atomic E-state index is 0.00998. The van der Waals surface area contributed by atoms with E-state index in [1.54, 1.807) is 12.2 Å². The molecule has 3 rings (SSSR count). The highest BCUT2D eigenvalue weighted by Crippen LogP contribution is 2.35. The number of allylic oxidation sites excluding steroid dienone is 2. The van der Waals surface area contributed by atoms with E-state index in [-0.39, 0.29) is 11.1 Å². The third kappa shape index (κ3) is 4.32. The van der Waals surface area contributed by atoms with Gasteiger partial charge in [-0.05, 0) is 57.7 Å². The molecule has 0 aromatic heterocycles. The Kier molecular flexibility index (Phi) is 6.18. The van der Waals surface area contributed by atoms with Gasteiger partial charge < -0.3 is 0 Å². The summed E-state index contributed by atoms with van der Waals surface area (Å²) < 4.78 is 0. The Balaban J connectivity index is 2.40. The Hall–Kier alpha value is -4.90. The Morgan fingerprint density at radius 1 is 0.533 bits per heavy atom. The number of hydrogen-bond acceptors (Lipinski definition) is 4. The fraction of sp³-hybridized carbons (Fsp3) is 0. The molecule has 0 aliphatic rings. The molecular formula is C26H14N4. The van der Waals surface area contributed by atoms with Gasteiger partial charge >= 0.3 is 0 Å². The summed E-state index contributed by atoms with van der Waals surface area (Å²) in [5.74, 6) is 0. The highest BCUT2D eigenvalue weighted by Gasteiger charge is 2.13. The third-order valence-electron chi connectivity index (χ3n) is 4.47. The largest absolute Gasteiger partial charge is 0.192 e. The summed E-state index contributed by atoms with van der Waals surface area (Å²) in [6, 6.07) is 30.5. The quantitative estimate of drug-likeness (QED) is 0.526. The van der Waals surface area contributed by atoms with Gasteiger partial charge in [-0.25, -0.2) is 0 Å². The highest BCUT2D eigenvalue weighted by atomic mass is 14.3. The molecule has 0 heterocycles. The summed E-state index contributed by atoms with van der Waals surface area (Å²) in [6.07, 6.45) is 3.11. The normalized spacial score (nSPS) is 9.20. The van der Waals surface area contributed by atoms with Gasteiger partial charge in [0.1, 0.15) is 35.4 Å². The van der Waals surface area contributed by atoms with Crippen LogP contribution in [-0.4, -0.2) is 0 Å². The van der Waals surface area contributed by atoms with Crippen LogP contribution in [0.15, 0.2) is 83.9 Å². The van der Waals surface area contributed by atoms with Crippen LogP contribution in [0.3, 0.4) is 0 Å². The molecule has 3 aromatic carbocycles. The van der Waals surface area contributed by atoms with Gasteiger partial charge in [0.25, 0.3) is 0 Å². The second kappa shape index (κ2) is 9.34. The molecule has 0 fully saturated rings. The van der Waals surface area contributed by atoms with Crippen LogP contribution in [-0.2, 0) is 0 Å². The molecule has 0 saturated carbocycles. The summed E-state index contributed by atoms with van der Waals surface area (Å²) in [4.78, 5) is 0. The van der Waals surface area contributed by atoms with Crippen molar-refractivity contribution in [2.45, 2.75) is 0 Å². The monoisotopic (exact) mass is 382 g/mol. The summed E-state index contributed by atoms with van der Waals surface area (Å²) in [5.41, 5.74) is 4.75. The van der Waals surface area contributed by atoms with Crippen molar-refractivity contribution in [1.82, 2.24) is 0 Å². The fourth-order valence-corrected chi connectivity index (χ4v) is 3.10. The lowest BCUT2D eigenvalue weighted by atomic mass is 9.89. The summed E-state index contributed by atoms with van der Waals surface area (Å²) in [5, 5.41) is 37.0. The summed E-state index contributed by atoms with van der Waals surface area (Å²) in [7, 11) is 0. The van der Waals surface area contributed by atoms with Crippen molar-refractivity contribution >= 4 is 12.2 Å². The number of rotatable bonds is 4. The van der Waals surface area contributed by atoms with Crippen molar-refractivity contribution in [3.05, 3.63) is 95.1 Å². The fourth-order valence-electron chi connectivity index (χ4n) is 3.10. The molecule has 0 spiro atoms. The Labute approximate surface area is 175 Å². The van der Waals surface area contributed by atoms with Crippen LogP contribution in [0.5, 0.6) is 0 Å². The van der Waals surface area contributed by atoms with Crippen LogP contribution >= 0.6 is 0 Å². The minimum Gasteiger partial charge on any atom is -0.192 e. The third-order valence-corrected chi connectivity index (χ3v) is 4.47. The van der Waals surface area contributed by atoms with Crippen LogP contribution in [0.4, 0.5) is 0 Å². The van der Waals surface area contributed by atoms with Crippen molar-refractivity contribution in [1.29, 1.82) is 21.0 Å². The average molecular weight is 382 g/mol. The lowest BCUT2D eigenvalue weighted by Crippen LogP contribution is -1.92. The molecule has 0 atom stereocenters. The van der Waals surface area contributed by atoms with E-state index in [1.165, 1.54) is 0 Å². The van der Waals surface area contributed by atoms with Gasteiger partial charge in [-0.1, -0.05) is 60.7 Å². The van der Waals surface area contributed by atoms with Gasteiger partial charge in [0.05, 0.1) is 0 Å². The zero-order chi connectivity index (χ0) is 21.3. The van der Waals surface area contributed by atoms with E-state index in [4.69, 9.17) is 0 Å². The molecule has 138 valence electrons. The van der Waals surface area contributed by atoms with Crippen molar-refractivity contribution in [3.63, 3.8) is 0 Å². The molecule has 30 heavy (non-hydrogen) atoms. The molecule has 4 heteroatoms. The molecule has 0 radical (unpaired) electrons.